The summed E-state index contributed by atoms with van der Waals surface area (Å²) in [5.41, 5.74) is -0.405. The van der Waals surface area contributed by atoms with Crippen molar-refractivity contribution in [3.05, 3.63) is 27.2 Å². The predicted octanol–water partition coefficient (Wildman–Crippen LogP) is -1.37. The topological polar surface area (TPSA) is 78.9 Å². The van der Waals surface area contributed by atoms with Crippen molar-refractivity contribution in [1.29, 1.82) is 0 Å². The second-order valence-electron chi connectivity index (χ2n) is 3.45. The lowest BCUT2D eigenvalue weighted by Crippen LogP contribution is -2.39. The van der Waals surface area contributed by atoms with E-state index < -0.39 is 11.2 Å². The molecule has 0 unspecified atom stereocenters. The number of aryl methyl sites for hydroxylation is 2. The molecule has 0 saturated carbocycles. The minimum absolute atomic E-state index is 0.243. The van der Waals surface area contributed by atoms with Gasteiger partial charge in [-0.05, 0) is 0 Å². The van der Waals surface area contributed by atoms with Gasteiger partial charge in [0.15, 0.2) is 11.2 Å². The van der Waals surface area contributed by atoms with Crippen molar-refractivity contribution in [2.24, 2.45) is 14.1 Å². The van der Waals surface area contributed by atoms with Gasteiger partial charge < -0.3 is 9.36 Å². The van der Waals surface area contributed by atoms with E-state index in [4.69, 9.17) is 0 Å². The van der Waals surface area contributed by atoms with Gasteiger partial charge in [-0.3, -0.25) is 13.9 Å². The van der Waals surface area contributed by atoms with Crippen LogP contribution in [0.3, 0.4) is 0 Å². The number of fused-ring (bicyclic) bond motifs is 1. The number of nitrogens with zero attached hydrogens (tertiary/aromatic N) is 4. The van der Waals surface area contributed by atoms with E-state index in [1.807, 2.05) is 0 Å². The molecule has 0 radical (unpaired) electrons. The number of carbonyl (C=O) groups is 1. The largest absolute Gasteiger partial charge is 0.332 e. The van der Waals surface area contributed by atoms with E-state index in [2.05, 4.69) is 4.98 Å². The smallest absolute Gasteiger partial charge is 0.328 e. The standard InChI is InChI=1S/C9H10N4O3/c1-11-5-10-7-6(11)8(15)13(3-4-14)9(16)12(7)2/h4-5H,3H2,1-2H3. The molecule has 0 N–H and O–H groups in total. The van der Waals surface area contributed by atoms with Crippen molar-refractivity contribution in [1.82, 2.24) is 18.7 Å². The fourth-order valence-electron chi connectivity index (χ4n) is 1.63. The highest BCUT2D eigenvalue weighted by Crippen LogP contribution is 2.02. The molecule has 0 saturated heterocycles. The van der Waals surface area contributed by atoms with Gasteiger partial charge in [0.25, 0.3) is 5.56 Å². The molecule has 7 heteroatoms. The molecule has 2 rings (SSSR count). The third kappa shape index (κ3) is 1.21. The summed E-state index contributed by atoms with van der Waals surface area (Å²) in [5, 5.41) is 0. The summed E-state index contributed by atoms with van der Waals surface area (Å²) < 4.78 is 3.66. The number of hydrogen-bond acceptors (Lipinski definition) is 4. The number of aromatic nitrogens is 4. The highest BCUT2D eigenvalue weighted by molar-refractivity contribution is 5.70. The molecule has 0 fully saturated rings. The Morgan fingerprint density at radius 2 is 2.06 bits per heavy atom. The third-order valence-electron chi connectivity index (χ3n) is 2.46. The molecule has 0 atom stereocenters. The SMILES string of the molecule is Cn1cnc2c1c(=O)n(CC=O)c(=O)n2C. The lowest BCUT2D eigenvalue weighted by Gasteiger charge is -2.04. The van der Waals surface area contributed by atoms with Gasteiger partial charge >= 0.3 is 5.69 Å². The Balaban J connectivity index is 3.03. The van der Waals surface area contributed by atoms with E-state index in [0.717, 1.165) is 4.57 Å². The number of imidazole rings is 1. The van der Waals surface area contributed by atoms with Gasteiger partial charge in [0, 0.05) is 14.1 Å². The monoisotopic (exact) mass is 222 g/mol. The Morgan fingerprint density at radius 3 is 2.69 bits per heavy atom. The molecular weight excluding hydrogens is 212 g/mol. The van der Waals surface area contributed by atoms with Crippen LogP contribution in [0.25, 0.3) is 11.2 Å². The molecule has 16 heavy (non-hydrogen) atoms. The van der Waals surface area contributed by atoms with Gasteiger partial charge in [0.1, 0.15) is 6.29 Å². The van der Waals surface area contributed by atoms with Crippen LogP contribution in [0.4, 0.5) is 0 Å². The molecule has 7 nitrogen and oxygen atoms in total. The summed E-state index contributed by atoms with van der Waals surface area (Å²) in [5.74, 6) is 0. The Labute approximate surface area is 89.6 Å². The second kappa shape index (κ2) is 3.44. The molecule has 2 heterocycles. The maximum atomic E-state index is 11.9. The first kappa shape index (κ1) is 10.3. The molecule has 0 aliphatic carbocycles. The zero-order chi connectivity index (χ0) is 11.9. The summed E-state index contributed by atoms with van der Waals surface area (Å²) in [6, 6.07) is 0. The molecule has 0 aromatic carbocycles. The van der Waals surface area contributed by atoms with Crippen molar-refractivity contribution in [3.63, 3.8) is 0 Å². The van der Waals surface area contributed by atoms with Crippen molar-refractivity contribution in [3.8, 4) is 0 Å². The molecule has 0 aliphatic rings. The minimum atomic E-state index is -0.539. The highest BCUT2D eigenvalue weighted by Gasteiger charge is 2.13. The quantitative estimate of drug-likeness (QED) is 0.587. The maximum Gasteiger partial charge on any atom is 0.332 e. The van der Waals surface area contributed by atoms with Crippen molar-refractivity contribution in [2.45, 2.75) is 6.54 Å². The van der Waals surface area contributed by atoms with Crippen LogP contribution in [0.2, 0.25) is 0 Å². The normalized spacial score (nSPS) is 10.9. The summed E-state index contributed by atoms with van der Waals surface area (Å²) in [6.45, 7) is -0.243. The average Bonchev–Trinajstić information content (AvgIpc) is 2.64. The van der Waals surface area contributed by atoms with Crippen molar-refractivity contribution >= 4 is 17.5 Å². The first-order valence-corrected chi connectivity index (χ1v) is 4.62. The zero-order valence-corrected chi connectivity index (χ0v) is 8.88. The summed E-state index contributed by atoms with van der Waals surface area (Å²) >= 11 is 0. The Bertz CT molecular complexity index is 676. The summed E-state index contributed by atoms with van der Waals surface area (Å²) in [7, 11) is 3.17. The molecule has 2 aromatic heterocycles. The van der Waals surface area contributed by atoms with Crippen molar-refractivity contribution in [2.75, 3.05) is 0 Å². The van der Waals surface area contributed by atoms with Crippen LogP contribution in [0.1, 0.15) is 0 Å². The minimum Gasteiger partial charge on any atom is -0.328 e. The molecule has 0 spiro atoms. The zero-order valence-electron chi connectivity index (χ0n) is 8.88. The number of carbonyl (C=O) groups excluding carboxylic acids is 1. The number of aldehydes is 1. The fraction of sp³-hybridized carbons (Fsp3) is 0.333. The van der Waals surface area contributed by atoms with E-state index in [0.29, 0.717) is 17.5 Å². The van der Waals surface area contributed by atoms with Crippen LogP contribution in [-0.2, 0) is 25.4 Å². The van der Waals surface area contributed by atoms with E-state index in [9.17, 15) is 14.4 Å². The maximum absolute atomic E-state index is 11.9. The van der Waals surface area contributed by atoms with Gasteiger partial charge in [-0.1, -0.05) is 0 Å². The molecule has 0 aliphatic heterocycles. The number of hydrogen-bond donors (Lipinski definition) is 0. The summed E-state index contributed by atoms with van der Waals surface area (Å²) in [6.07, 6.45) is 1.97. The van der Waals surface area contributed by atoms with E-state index in [1.165, 1.54) is 22.5 Å². The van der Waals surface area contributed by atoms with Crippen molar-refractivity contribution < 1.29 is 4.79 Å². The predicted molar refractivity (Wildman–Crippen MR) is 56.3 cm³/mol. The van der Waals surface area contributed by atoms with E-state index >= 15 is 0 Å². The summed E-state index contributed by atoms with van der Waals surface area (Å²) in [4.78, 5) is 38.0. The van der Waals surface area contributed by atoms with Crippen LogP contribution in [-0.4, -0.2) is 25.0 Å². The molecule has 2 aromatic rings. The Morgan fingerprint density at radius 1 is 1.38 bits per heavy atom. The molecule has 84 valence electrons. The molecular formula is C9H10N4O3. The number of rotatable bonds is 2. The Kier molecular flexibility index (Phi) is 2.22. The Hall–Kier alpha value is -2.18. The fourth-order valence-corrected chi connectivity index (χ4v) is 1.63. The first-order valence-electron chi connectivity index (χ1n) is 4.62. The van der Waals surface area contributed by atoms with Gasteiger partial charge in [-0.15, -0.1) is 0 Å². The van der Waals surface area contributed by atoms with Gasteiger partial charge in [0.2, 0.25) is 0 Å². The molecule has 0 bridgehead atoms. The first-order chi connectivity index (χ1) is 7.57. The third-order valence-corrected chi connectivity index (χ3v) is 2.46. The van der Waals surface area contributed by atoms with Crippen LogP contribution < -0.4 is 11.2 Å². The van der Waals surface area contributed by atoms with Crippen LogP contribution in [0.5, 0.6) is 0 Å². The molecule has 0 amide bonds. The lowest BCUT2D eigenvalue weighted by atomic mass is 10.5. The van der Waals surface area contributed by atoms with Gasteiger partial charge in [0.05, 0.1) is 12.9 Å². The van der Waals surface area contributed by atoms with E-state index in [-0.39, 0.29) is 6.54 Å². The van der Waals surface area contributed by atoms with Crippen LogP contribution in [0, 0.1) is 0 Å². The van der Waals surface area contributed by atoms with Gasteiger partial charge in [-0.25, -0.2) is 9.78 Å². The lowest BCUT2D eigenvalue weighted by molar-refractivity contribution is -0.108. The average molecular weight is 222 g/mol. The van der Waals surface area contributed by atoms with Crippen LogP contribution in [0.15, 0.2) is 15.9 Å². The second-order valence-corrected chi connectivity index (χ2v) is 3.45. The highest BCUT2D eigenvalue weighted by atomic mass is 16.2. The van der Waals surface area contributed by atoms with Crippen LogP contribution >= 0.6 is 0 Å². The van der Waals surface area contributed by atoms with Gasteiger partial charge in [-0.2, -0.15) is 0 Å². The van der Waals surface area contributed by atoms with E-state index in [1.54, 1.807) is 7.05 Å².